The van der Waals surface area contributed by atoms with E-state index in [2.05, 4.69) is 39.8 Å². The molecule has 0 bridgehead atoms. The minimum Gasteiger partial charge on any atom is -0.375 e. The lowest BCUT2D eigenvalue weighted by atomic mass is 9.79. The Morgan fingerprint density at radius 3 is 2.61 bits per heavy atom. The highest BCUT2D eigenvalue weighted by atomic mass is 15.3. The number of benzene rings is 1. The Hall–Kier alpha value is -1.84. The average molecular weight is 242 g/mol. The summed E-state index contributed by atoms with van der Waals surface area (Å²) in [7, 11) is 2.01. The van der Waals surface area contributed by atoms with Gasteiger partial charge < -0.3 is 9.88 Å². The van der Waals surface area contributed by atoms with Gasteiger partial charge in [-0.3, -0.25) is 0 Å². The van der Waals surface area contributed by atoms with Gasteiger partial charge in [0.05, 0.1) is 6.04 Å². The van der Waals surface area contributed by atoms with Gasteiger partial charge in [0, 0.05) is 12.7 Å². The second-order valence-corrected chi connectivity index (χ2v) is 4.98. The summed E-state index contributed by atoms with van der Waals surface area (Å²) in [4.78, 5) is 0. The number of aryl methyl sites for hydroxylation is 1. The van der Waals surface area contributed by atoms with Crippen LogP contribution >= 0.6 is 0 Å². The summed E-state index contributed by atoms with van der Waals surface area (Å²) in [6, 6.07) is 10.6. The first-order valence-corrected chi connectivity index (χ1v) is 6.50. The maximum atomic E-state index is 4.27. The highest BCUT2D eigenvalue weighted by molar-refractivity contribution is 5.44. The third-order valence-corrected chi connectivity index (χ3v) is 3.74. The van der Waals surface area contributed by atoms with Crippen molar-refractivity contribution in [3.8, 4) is 0 Å². The maximum Gasteiger partial charge on any atom is 0.155 e. The topological polar surface area (TPSA) is 42.7 Å². The lowest BCUT2D eigenvalue weighted by molar-refractivity contribution is 0.267. The summed E-state index contributed by atoms with van der Waals surface area (Å²) in [6.07, 6.45) is 5.65. The fourth-order valence-corrected chi connectivity index (χ4v) is 2.45. The molecule has 1 heterocycles. The van der Waals surface area contributed by atoms with Crippen LogP contribution in [-0.4, -0.2) is 14.8 Å². The van der Waals surface area contributed by atoms with Crippen molar-refractivity contribution >= 4 is 5.69 Å². The number of hydrogen-bond donors (Lipinski definition) is 1. The molecule has 2 aromatic rings. The van der Waals surface area contributed by atoms with Gasteiger partial charge in [0.1, 0.15) is 6.33 Å². The first-order valence-electron chi connectivity index (χ1n) is 6.50. The molecule has 4 nitrogen and oxygen atoms in total. The van der Waals surface area contributed by atoms with Crippen molar-refractivity contribution in [3.63, 3.8) is 0 Å². The number of nitrogens with one attached hydrogen (secondary N) is 1. The van der Waals surface area contributed by atoms with Crippen LogP contribution in [0.25, 0.3) is 0 Å². The molecule has 0 amide bonds. The third-order valence-electron chi connectivity index (χ3n) is 3.74. The van der Waals surface area contributed by atoms with Crippen LogP contribution in [0, 0.1) is 5.92 Å². The summed E-state index contributed by atoms with van der Waals surface area (Å²) in [6.45, 7) is 0. The largest absolute Gasteiger partial charge is 0.375 e. The molecule has 94 valence electrons. The van der Waals surface area contributed by atoms with Gasteiger partial charge in [-0.15, -0.1) is 10.2 Å². The van der Waals surface area contributed by atoms with E-state index in [1.807, 2.05) is 17.7 Å². The van der Waals surface area contributed by atoms with E-state index in [-0.39, 0.29) is 6.04 Å². The number of hydrogen-bond acceptors (Lipinski definition) is 3. The Morgan fingerprint density at radius 2 is 2.06 bits per heavy atom. The summed E-state index contributed by atoms with van der Waals surface area (Å²) < 4.78 is 2.01. The van der Waals surface area contributed by atoms with E-state index < -0.39 is 0 Å². The van der Waals surface area contributed by atoms with Crippen molar-refractivity contribution in [3.05, 3.63) is 42.5 Å². The fourth-order valence-electron chi connectivity index (χ4n) is 2.45. The Kier molecular flexibility index (Phi) is 3.00. The van der Waals surface area contributed by atoms with Crippen LogP contribution in [0.4, 0.5) is 5.69 Å². The molecule has 1 aliphatic carbocycles. The van der Waals surface area contributed by atoms with Crippen LogP contribution in [-0.2, 0) is 7.05 Å². The predicted molar refractivity (Wildman–Crippen MR) is 71.1 cm³/mol. The summed E-state index contributed by atoms with van der Waals surface area (Å²) in [5, 5.41) is 11.9. The molecule has 0 aliphatic heterocycles. The molecule has 0 radical (unpaired) electrons. The second kappa shape index (κ2) is 4.80. The van der Waals surface area contributed by atoms with Crippen molar-refractivity contribution in [2.45, 2.75) is 25.3 Å². The molecule has 1 atom stereocenters. The van der Waals surface area contributed by atoms with Crippen LogP contribution in [0.5, 0.6) is 0 Å². The third kappa shape index (κ3) is 2.10. The molecule has 3 rings (SSSR count). The molecular formula is C14H18N4. The quantitative estimate of drug-likeness (QED) is 0.896. The molecule has 1 saturated carbocycles. The van der Waals surface area contributed by atoms with E-state index in [1.54, 1.807) is 6.33 Å². The Labute approximate surface area is 107 Å². The SMILES string of the molecule is Cn1cnnc1C(Nc1ccccc1)C1CCC1. The van der Waals surface area contributed by atoms with Gasteiger partial charge >= 0.3 is 0 Å². The van der Waals surface area contributed by atoms with Gasteiger partial charge in [-0.25, -0.2) is 0 Å². The molecule has 1 aromatic heterocycles. The Morgan fingerprint density at radius 1 is 1.28 bits per heavy atom. The maximum absolute atomic E-state index is 4.27. The van der Waals surface area contributed by atoms with Gasteiger partial charge in [-0.2, -0.15) is 0 Å². The van der Waals surface area contributed by atoms with E-state index >= 15 is 0 Å². The molecule has 0 saturated heterocycles. The molecule has 1 fully saturated rings. The van der Waals surface area contributed by atoms with E-state index in [0.29, 0.717) is 5.92 Å². The first-order chi connectivity index (χ1) is 8.84. The molecule has 1 N–H and O–H groups in total. The monoisotopic (exact) mass is 242 g/mol. The second-order valence-electron chi connectivity index (χ2n) is 4.98. The van der Waals surface area contributed by atoms with Crippen LogP contribution in [0.1, 0.15) is 31.1 Å². The van der Waals surface area contributed by atoms with Crippen molar-refractivity contribution in [2.75, 3.05) is 5.32 Å². The van der Waals surface area contributed by atoms with E-state index in [0.717, 1.165) is 11.5 Å². The van der Waals surface area contributed by atoms with Gasteiger partial charge in [-0.05, 0) is 30.9 Å². The lowest BCUT2D eigenvalue weighted by Crippen LogP contribution is -2.28. The number of para-hydroxylation sites is 1. The number of anilines is 1. The number of nitrogens with zero attached hydrogens (tertiary/aromatic N) is 3. The van der Waals surface area contributed by atoms with Crippen LogP contribution in [0.2, 0.25) is 0 Å². The summed E-state index contributed by atoms with van der Waals surface area (Å²) in [5.41, 5.74) is 1.15. The Bertz CT molecular complexity index is 502. The zero-order valence-electron chi connectivity index (χ0n) is 10.6. The molecule has 1 aromatic carbocycles. The zero-order chi connectivity index (χ0) is 12.4. The average Bonchev–Trinajstić information content (AvgIpc) is 2.74. The van der Waals surface area contributed by atoms with Crippen molar-refractivity contribution in [1.82, 2.24) is 14.8 Å². The van der Waals surface area contributed by atoms with E-state index in [1.165, 1.54) is 19.3 Å². The van der Waals surface area contributed by atoms with Crippen LogP contribution < -0.4 is 5.32 Å². The van der Waals surface area contributed by atoms with Gasteiger partial charge in [0.15, 0.2) is 5.82 Å². The molecule has 18 heavy (non-hydrogen) atoms. The van der Waals surface area contributed by atoms with E-state index in [4.69, 9.17) is 0 Å². The minimum absolute atomic E-state index is 0.272. The molecule has 0 spiro atoms. The standard InChI is InChI=1S/C14H18N4/c1-18-10-15-17-14(18)13(11-6-5-7-11)16-12-8-3-2-4-9-12/h2-4,8-11,13,16H,5-7H2,1H3. The van der Waals surface area contributed by atoms with Crippen molar-refractivity contribution < 1.29 is 0 Å². The fraction of sp³-hybridized carbons (Fsp3) is 0.429. The number of aromatic nitrogens is 3. The normalized spacial score (nSPS) is 17.2. The lowest BCUT2D eigenvalue weighted by Gasteiger charge is -2.34. The zero-order valence-corrected chi connectivity index (χ0v) is 10.6. The predicted octanol–water partition coefficient (Wildman–Crippen LogP) is 2.77. The van der Waals surface area contributed by atoms with Gasteiger partial charge in [0.25, 0.3) is 0 Å². The summed E-state index contributed by atoms with van der Waals surface area (Å²) >= 11 is 0. The Balaban J connectivity index is 1.84. The number of rotatable bonds is 4. The minimum atomic E-state index is 0.272. The highest BCUT2D eigenvalue weighted by Gasteiger charge is 2.31. The van der Waals surface area contributed by atoms with Crippen LogP contribution in [0.15, 0.2) is 36.7 Å². The van der Waals surface area contributed by atoms with Crippen molar-refractivity contribution in [2.24, 2.45) is 13.0 Å². The molecule has 4 heteroatoms. The van der Waals surface area contributed by atoms with Crippen LogP contribution in [0.3, 0.4) is 0 Å². The molecule has 1 aliphatic rings. The van der Waals surface area contributed by atoms with Gasteiger partial charge in [-0.1, -0.05) is 24.6 Å². The first kappa shape index (κ1) is 11.3. The van der Waals surface area contributed by atoms with Gasteiger partial charge in [0.2, 0.25) is 0 Å². The molecule has 1 unspecified atom stereocenters. The van der Waals surface area contributed by atoms with E-state index in [9.17, 15) is 0 Å². The smallest absolute Gasteiger partial charge is 0.155 e. The molecular weight excluding hydrogens is 224 g/mol. The highest BCUT2D eigenvalue weighted by Crippen LogP contribution is 2.38. The van der Waals surface area contributed by atoms with Crippen molar-refractivity contribution in [1.29, 1.82) is 0 Å². The summed E-state index contributed by atoms with van der Waals surface area (Å²) in [5.74, 6) is 1.71.